The molecule has 0 spiro atoms. The van der Waals surface area contributed by atoms with Crippen molar-refractivity contribution in [3.63, 3.8) is 0 Å². The number of hydrogen-bond donors (Lipinski definition) is 2. The molecule has 0 aromatic heterocycles. The van der Waals surface area contributed by atoms with Crippen LogP contribution in [0.2, 0.25) is 0 Å². The second-order valence-electron chi connectivity index (χ2n) is 4.04. The predicted octanol–water partition coefficient (Wildman–Crippen LogP) is 2.18. The molecular formula is C12H17NO4. The van der Waals surface area contributed by atoms with Crippen molar-refractivity contribution in [1.82, 2.24) is 0 Å². The van der Waals surface area contributed by atoms with Crippen molar-refractivity contribution in [3.05, 3.63) is 39.9 Å². The molecule has 0 saturated heterocycles. The molecular weight excluding hydrogens is 222 g/mol. The van der Waals surface area contributed by atoms with Gasteiger partial charge in [0.1, 0.15) is 0 Å². The van der Waals surface area contributed by atoms with Crippen LogP contribution in [0.15, 0.2) is 24.3 Å². The smallest absolute Gasteiger partial charge is 0.269 e. The first-order valence-corrected chi connectivity index (χ1v) is 5.65. The van der Waals surface area contributed by atoms with E-state index in [9.17, 15) is 20.3 Å². The normalized spacial score (nSPS) is 14.3. The lowest BCUT2D eigenvalue weighted by atomic mass is 10.0. The second kappa shape index (κ2) is 6.32. The summed E-state index contributed by atoms with van der Waals surface area (Å²) in [7, 11) is 0. The molecule has 17 heavy (non-hydrogen) atoms. The topological polar surface area (TPSA) is 83.6 Å². The molecule has 0 aliphatic rings. The third-order valence-corrected chi connectivity index (χ3v) is 2.61. The van der Waals surface area contributed by atoms with Gasteiger partial charge in [-0.15, -0.1) is 0 Å². The van der Waals surface area contributed by atoms with Gasteiger partial charge in [0.15, 0.2) is 0 Å². The molecule has 5 heteroatoms. The Morgan fingerprint density at radius 3 is 2.35 bits per heavy atom. The van der Waals surface area contributed by atoms with Crippen LogP contribution in [0.1, 0.15) is 37.9 Å². The summed E-state index contributed by atoms with van der Waals surface area (Å²) in [5.41, 5.74) is 0.584. The maximum absolute atomic E-state index is 10.4. The predicted molar refractivity (Wildman–Crippen MR) is 63.6 cm³/mol. The van der Waals surface area contributed by atoms with Crippen molar-refractivity contribution < 1.29 is 15.1 Å². The first kappa shape index (κ1) is 13.6. The van der Waals surface area contributed by atoms with Gasteiger partial charge in [0.2, 0.25) is 0 Å². The van der Waals surface area contributed by atoms with Crippen molar-refractivity contribution >= 4 is 5.69 Å². The number of nitrogens with zero attached hydrogens (tertiary/aromatic N) is 1. The van der Waals surface area contributed by atoms with Crippen LogP contribution in [0.5, 0.6) is 0 Å². The van der Waals surface area contributed by atoms with E-state index in [4.69, 9.17) is 0 Å². The maximum Gasteiger partial charge on any atom is 0.269 e. The van der Waals surface area contributed by atoms with Gasteiger partial charge >= 0.3 is 0 Å². The van der Waals surface area contributed by atoms with Gasteiger partial charge in [0.05, 0.1) is 17.1 Å². The Morgan fingerprint density at radius 2 is 1.88 bits per heavy atom. The van der Waals surface area contributed by atoms with Gasteiger partial charge in [-0.05, 0) is 24.1 Å². The first-order chi connectivity index (χ1) is 8.04. The molecule has 1 aromatic carbocycles. The number of aliphatic hydroxyl groups is 2. The third kappa shape index (κ3) is 4.13. The lowest BCUT2D eigenvalue weighted by Crippen LogP contribution is -2.11. The number of aliphatic hydroxyl groups excluding tert-OH is 2. The van der Waals surface area contributed by atoms with Crippen molar-refractivity contribution in [2.24, 2.45) is 0 Å². The zero-order valence-electron chi connectivity index (χ0n) is 9.74. The Labute approximate surface area is 99.9 Å². The van der Waals surface area contributed by atoms with Crippen LogP contribution in [-0.2, 0) is 0 Å². The summed E-state index contributed by atoms with van der Waals surface area (Å²) in [5.74, 6) is 0. The van der Waals surface area contributed by atoms with Crippen LogP contribution in [0.4, 0.5) is 5.69 Å². The molecule has 2 N–H and O–H groups in total. The molecule has 0 fully saturated rings. The minimum atomic E-state index is -0.780. The van der Waals surface area contributed by atoms with Crippen molar-refractivity contribution in [1.29, 1.82) is 0 Å². The fourth-order valence-corrected chi connectivity index (χ4v) is 1.66. The molecule has 0 saturated carbocycles. The lowest BCUT2D eigenvalue weighted by molar-refractivity contribution is -0.384. The Hall–Kier alpha value is -1.46. The van der Waals surface area contributed by atoms with E-state index in [2.05, 4.69) is 0 Å². The Morgan fingerprint density at radius 1 is 1.29 bits per heavy atom. The Balaban J connectivity index is 2.63. The molecule has 1 rings (SSSR count). The molecule has 0 bridgehead atoms. The molecule has 2 atom stereocenters. The monoisotopic (exact) mass is 239 g/mol. The van der Waals surface area contributed by atoms with E-state index in [1.54, 1.807) is 0 Å². The average Bonchev–Trinajstić information content (AvgIpc) is 2.29. The minimum absolute atomic E-state index is 0.00458. The lowest BCUT2D eigenvalue weighted by Gasteiger charge is -2.15. The van der Waals surface area contributed by atoms with Gasteiger partial charge in [-0.1, -0.05) is 13.3 Å². The third-order valence-electron chi connectivity index (χ3n) is 2.61. The summed E-state index contributed by atoms with van der Waals surface area (Å²) in [6.45, 7) is 1.96. The quantitative estimate of drug-likeness (QED) is 0.588. The highest BCUT2D eigenvalue weighted by atomic mass is 16.6. The zero-order valence-corrected chi connectivity index (χ0v) is 9.74. The minimum Gasteiger partial charge on any atom is -0.393 e. The van der Waals surface area contributed by atoms with E-state index in [0.717, 1.165) is 6.42 Å². The van der Waals surface area contributed by atoms with Gasteiger partial charge < -0.3 is 10.2 Å². The number of non-ortho nitro benzene ring substituents is 1. The molecule has 5 nitrogen and oxygen atoms in total. The summed E-state index contributed by atoms with van der Waals surface area (Å²) in [6.07, 6.45) is 0.437. The van der Waals surface area contributed by atoms with Crippen LogP contribution >= 0.6 is 0 Å². The standard InChI is InChI=1S/C12H17NO4/c1-2-3-11(14)8-12(15)9-4-6-10(7-5-9)13(16)17/h4-7,11-12,14-15H,2-3,8H2,1H3/t11-,12-/m1/s1. The van der Waals surface area contributed by atoms with Gasteiger partial charge in [0.25, 0.3) is 5.69 Å². The summed E-state index contributed by atoms with van der Waals surface area (Å²) in [4.78, 5) is 9.96. The highest BCUT2D eigenvalue weighted by molar-refractivity contribution is 5.33. The Bertz CT molecular complexity index is 363. The molecule has 1 aromatic rings. The fourth-order valence-electron chi connectivity index (χ4n) is 1.66. The maximum atomic E-state index is 10.4. The molecule has 0 radical (unpaired) electrons. The molecule has 0 aliphatic heterocycles. The number of rotatable bonds is 6. The second-order valence-corrected chi connectivity index (χ2v) is 4.04. The number of nitro benzene ring substituents is 1. The van der Waals surface area contributed by atoms with E-state index in [-0.39, 0.29) is 12.1 Å². The summed E-state index contributed by atoms with van der Waals surface area (Å²) in [5, 5.41) is 29.8. The van der Waals surface area contributed by atoms with Crippen LogP contribution in [0.3, 0.4) is 0 Å². The van der Waals surface area contributed by atoms with Gasteiger partial charge in [0, 0.05) is 18.6 Å². The molecule has 0 aliphatic carbocycles. The van der Waals surface area contributed by atoms with E-state index in [0.29, 0.717) is 12.0 Å². The van der Waals surface area contributed by atoms with Crippen molar-refractivity contribution in [2.45, 2.75) is 38.4 Å². The number of nitro groups is 1. The first-order valence-electron chi connectivity index (χ1n) is 5.65. The highest BCUT2D eigenvalue weighted by Crippen LogP contribution is 2.22. The van der Waals surface area contributed by atoms with Gasteiger partial charge in [-0.2, -0.15) is 0 Å². The van der Waals surface area contributed by atoms with Gasteiger partial charge in [-0.25, -0.2) is 0 Å². The average molecular weight is 239 g/mol. The molecule has 0 amide bonds. The molecule has 0 heterocycles. The SMILES string of the molecule is CCC[C@@H](O)C[C@@H](O)c1ccc([N+](=O)[O-])cc1. The number of benzene rings is 1. The molecule has 0 unspecified atom stereocenters. The van der Waals surface area contributed by atoms with Crippen molar-refractivity contribution in [3.8, 4) is 0 Å². The van der Waals surface area contributed by atoms with E-state index in [1.807, 2.05) is 6.92 Å². The Kier molecular flexibility index (Phi) is 5.06. The van der Waals surface area contributed by atoms with Crippen LogP contribution in [0.25, 0.3) is 0 Å². The van der Waals surface area contributed by atoms with E-state index >= 15 is 0 Å². The van der Waals surface area contributed by atoms with E-state index < -0.39 is 17.1 Å². The highest BCUT2D eigenvalue weighted by Gasteiger charge is 2.14. The van der Waals surface area contributed by atoms with E-state index in [1.165, 1.54) is 24.3 Å². The van der Waals surface area contributed by atoms with Crippen LogP contribution < -0.4 is 0 Å². The zero-order chi connectivity index (χ0) is 12.8. The molecule has 94 valence electrons. The van der Waals surface area contributed by atoms with Gasteiger partial charge in [-0.3, -0.25) is 10.1 Å². The summed E-state index contributed by atoms with van der Waals surface area (Å²) >= 11 is 0. The van der Waals surface area contributed by atoms with Crippen LogP contribution in [0, 0.1) is 10.1 Å². The largest absolute Gasteiger partial charge is 0.393 e. The summed E-state index contributed by atoms with van der Waals surface area (Å²) < 4.78 is 0. The summed E-state index contributed by atoms with van der Waals surface area (Å²) in [6, 6.07) is 5.73. The number of hydrogen-bond acceptors (Lipinski definition) is 4. The van der Waals surface area contributed by atoms with Crippen molar-refractivity contribution in [2.75, 3.05) is 0 Å². The van der Waals surface area contributed by atoms with Crippen LogP contribution in [-0.4, -0.2) is 21.2 Å². The fraction of sp³-hybridized carbons (Fsp3) is 0.500.